The number of benzene rings is 2. The molecule has 116 valence electrons. The molecule has 2 aromatic carbocycles. The van der Waals surface area contributed by atoms with E-state index in [9.17, 15) is 9.18 Å². The molecule has 0 aliphatic heterocycles. The fourth-order valence-corrected chi connectivity index (χ4v) is 2.27. The van der Waals surface area contributed by atoms with Crippen LogP contribution < -0.4 is 10.1 Å². The number of methoxy groups -OCH3 is 1. The highest BCUT2D eigenvalue weighted by Gasteiger charge is 2.19. The van der Waals surface area contributed by atoms with Gasteiger partial charge in [-0.05, 0) is 47.9 Å². The number of nitrogens with one attached hydrogen (secondary N) is 1. The first-order valence-electron chi connectivity index (χ1n) is 7.21. The Kier molecular flexibility index (Phi) is 5.15. The minimum Gasteiger partial charge on any atom is -0.497 e. The van der Waals surface area contributed by atoms with E-state index in [-0.39, 0.29) is 23.7 Å². The molecule has 0 saturated heterocycles. The number of hydrogen-bond acceptors (Lipinski definition) is 2. The number of hydrogen-bond donors (Lipinski definition) is 1. The molecule has 1 amide bonds. The molecule has 0 aliphatic rings. The lowest BCUT2D eigenvalue weighted by atomic mass is 9.95. The zero-order valence-corrected chi connectivity index (χ0v) is 13.0. The third-order valence-corrected chi connectivity index (χ3v) is 3.53. The molecular weight excluding hydrogens is 281 g/mol. The molecule has 0 aromatic heterocycles. The van der Waals surface area contributed by atoms with Crippen molar-refractivity contribution in [2.45, 2.75) is 19.9 Å². The molecule has 1 unspecified atom stereocenters. The normalized spacial score (nSPS) is 12.0. The van der Waals surface area contributed by atoms with Gasteiger partial charge >= 0.3 is 0 Å². The summed E-state index contributed by atoms with van der Waals surface area (Å²) in [5, 5.41) is 3.00. The predicted molar refractivity (Wildman–Crippen MR) is 84.4 cm³/mol. The zero-order valence-electron chi connectivity index (χ0n) is 13.0. The summed E-state index contributed by atoms with van der Waals surface area (Å²) in [6.45, 7) is 4.08. The molecule has 1 N–H and O–H groups in total. The van der Waals surface area contributed by atoms with Crippen LogP contribution in [0, 0.1) is 11.7 Å². The Morgan fingerprint density at radius 2 is 1.64 bits per heavy atom. The van der Waals surface area contributed by atoms with Gasteiger partial charge in [0.05, 0.1) is 13.2 Å². The third kappa shape index (κ3) is 3.85. The fraction of sp³-hybridized carbons (Fsp3) is 0.278. The van der Waals surface area contributed by atoms with Crippen molar-refractivity contribution in [2.24, 2.45) is 5.92 Å². The van der Waals surface area contributed by atoms with Crippen molar-refractivity contribution in [1.29, 1.82) is 0 Å². The molecule has 0 radical (unpaired) electrons. The van der Waals surface area contributed by atoms with Crippen molar-refractivity contribution in [2.75, 3.05) is 7.11 Å². The number of carbonyl (C=O) groups excluding carboxylic acids is 1. The summed E-state index contributed by atoms with van der Waals surface area (Å²) >= 11 is 0. The van der Waals surface area contributed by atoms with Crippen LogP contribution in [-0.4, -0.2) is 13.0 Å². The van der Waals surface area contributed by atoms with Crippen LogP contribution in [0.4, 0.5) is 4.39 Å². The molecule has 0 fully saturated rings. The van der Waals surface area contributed by atoms with Gasteiger partial charge in [-0.15, -0.1) is 0 Å². The lowest BCUT2D eigenvalue weighted by Gasteiger charge is -2.23. The number of halogens is 1. The van der Waals surface area contributed by atoms with E-state index < -0.39 is 0 Å². The van der Waals surface area contributed by atoms with Crippen LogP contribution in [0.3, 0.4) is 0 Å². The van der Waals surface area contributed by atoms with Gasteiger partial charge in [0, 0.05) is 5.56 Å². The lowest BCUT2D eigenvalue weighted by Crippen LogP contribution is -2.31. The molecule has 22 heavy (non-hydrogen) atoms. The van der Waals surface area contributed by atoms with Crippen molar-refractivity contribution in [3.63, 3.8) is 0 Å². The number of ether oxygens (including phenoxy) is 1. The summed E-state index contributed by atoms with van der Waals surface area (Å²) in [5.41, 5.74) is 1.45. The van der Waals surface area contributed by atoms with Crippen LogP contribution >= 0.6 is 0 Å². The molecule has 0 aliphatic carbocycles. The van der Waals surface area contributed by atoms with Gasteiger partial charge < -0.3 is 10.1 Å². The van der Waals surface area contributed by atoms with Gasteiger partial charge in [-0.2, -0.15) is 0 Å². The Morgan fingerprint density at radius 1 is 1.05 bits per heavy atom. The Hall–Kier alpha value is -2.36. The second-order valence-corrected chi connectivity index (χ2v) is 5.48. The molecule has 3 nitrogen and oxygen atoms in total. The molecule has 2 rings (SSSR count). The van der Waals surface area contributed by atoms with Gasteiger partial charge in [0.15, 0.2) is 0 Å². The van der Waals surface area contributed by atoms with Crippen LogP contribution in [0.2, 0.25) is 0 Å². The first-order valence-corrected chi connectivity index (χ1v) is 7.21. The predicted octanol–water partition coefficient (Wildman–Crippen LogP) is 3.96. The Balaban J connectivity index is 2.17. The Bertz CT molecular complexity index is 621. The maximum Gasteiger partial charge on any atom is 0.251 e. The maximum absolute atomic E-state index is 12.9. The minimum atomic E-state index is -0.355. The van der Waals surface area contributed by atoms with Crippen molar-refractivity contribution in [1.82, 2.24) is 5.32 Å². The van der Waals surface area contributed by atoms with Gasteiger partial charge in [0.25, 0.3) is 5.91 Å². The average Bonchev–Trinajstić information content (AvgIpc) is 2.53. The zero-order chi connectivity index (χ0) is 16.1. The van der Waals surface area contributed by atoms with Gasteiger partial charge in [0.2, 0.25) is 0 Å². The van der Waals surface area contributed by atoms with Gasteiger partial charge in [0.1, 0.15) is 11.6 Å². The first kappa shape index (κ1) is 16.0. The second-order valence-electron chi connectivity index (χ2n) is 5.48. The van der Waals surface area contributed by atoms with Crippen LogP contribution in [0.25, 0.3) is 0 Å². The largest absolute Gasteiger partial charge is 0.497 e. The summed E-state index contributed by atoms with van der Waals surface area (Å²) < 4.78 is 18.1. The van der Waals surface area contributed by atoms with Crippen LogP contribution in [0.15, 0.2) is 48.5 Å². The van der Waals surface area contributed by atoms with Crippen LogP contribution in [0.1, 0.15) is 35.8 Å². The molecule has 0 spiro atoms. The van der Waals surface area contributed by atoms with Crippen molar-refractivity contribution < 1.29 is 13.9 Å². The average molecular weight is 301 g/mol. The fourth-order valence-electron chi connectivity index (χ4n) is 2.27. The highest BCUT2D eigenvalue weighted by molar-refractivity contribution is 5.94. The first-order chi connectivity index (χ1) is 10.5. The highest BCUT2D eigenvalue weighted by atomic mass is 19.1. The second kappa shape index (κ2) is 7.07. The summed E-state index contributed by atoms with van der Waals surface area (Å²) in [7, 11) is 1.62. The van der Waals surface area contributed by atoms with Gasteiger partial charge in [-0.3, -0.25) is 4.79 Å². The Morgan fingerprint density at radius 3 is 2.14 bits per heavy atom. The SMILES string of the molecule is COc1ccc(C(NC(=O)c2ccc(F)cc2)C(C)C)cc1. The minimum absolute atomic E-state index is 0.122. The molecule has 0 bridgehead atoms. The number of amides is 1. The monoisotopic (exact) mass is 301 g/mol. The van der Waals surface area contributed by atoms with E-state index >= 15 is 0 Å². The van der Waals surface area contributed by atoms with E-state index in [1.54, 1.807) is 7.11 Å². The summed E-state index contributed by atoms with van der Waals surface area (Å²) in [4.78, 5) is 12.3. The molecule has 1 atom stereocenters. The molecule has 4 heteroatoms. The van der Waals surface area contributed by atoms with E-state index in [0.717, 1.165) is 11.3 Å². The summed E-state index contributed by atoms with van der Waals surface area (Å²) in [6, 6.07) is 13.0. The number of rotatable bonds is 5. The lowest BCUT2D eigenvalue weighted by molar-refractivity contribution is 0.0925. The van der Waals surface area contributed by atoms with E-state index in [1.807, 2.05) is 38.1 Å². The summed E-state index contributed by atoms with van der Waals surface area (Å²) in [5.74, 6) is 0.426. The van der Waals surface area contributed by atoms with Gasteiger partial charge in [-0.25, -0.2) is 4.39 Å². The number of carbonyl (C=O) groups is 1. The van der Waals surface area contributed by atoms with Crippen molar-refractivity contribution in [3.05, 3.63) is 65.5 Å². The van der Waals surface area contributed by atoms with Crippen molar-refractivity contribution in [3.8, 4) is 5.75 Å². The third-order valence-electron chi connectivity index (χ3n) is 3.53. The van der Waals surface area contributed by atoms with E-state index in [4.69, 9.17) is 4.74 Å². The topological polar surface area (TPSA) is 38.3 Å². The van der Waals surface area contributed by atoms with Crippen LogP contribution in [0.5, 0.6) is 5.75 Å². The van der Waals surface area contributed by atoms with E-state index in [2.05, 4.69) is 5.32 Å². The van der Waals surface area contributed by atoms with E-state index in [1.165, 1.54) is 24.3 Å². The highest BCUT2D eigenvalue weighted by Crippen LogP contribution is 2.24. The maximum atomic E-state index is 12.9. The van der Waals surface area contributed by atoms with Gasteiger partial charge in [-0.1, -0.05) is 26.0 Å². The standard InChI is InChI=1S/C18H20FNO2/c1-12(2)17(13-6-10-16(22-3)11-7-13)20-18(21)14-4-8-15(19)9-5-14/h4-12,17H,1-3H3,(H,20,21). The summed E-state index contributed by atoms with van der Waals surface area (Å²) in [6.07, 6.45) is 0. The molecule has 0 saturated carbocycles. The molecule has 0 heterocycles. The van der Waals surface area contributed by atoms with Crippen molar-refractivity contribution >= 4 is 5.91 Å². The van der Waals surface area contributed by atoms with Crippen LogP contribution in [-0.2, 0) is 0 Å². The quantitative estimate of drug-likeness (QED) is 0.907. The van der Waals surface area contributed by atoms with E-state index in [0.29, 0.717) is 5.56 Å². The molecule has 2 aromatic rings. The smallest absolute Gasteiger partial charge is 0.251 e. The molecular formula is C18H20FNO2. The Labute approximate surface area is 130 Å².